The number of nitrogens with one attached hydrogen (secondary N) is 2. The Morgan fingerprint density at radius 1 is 1.32 bits per heavy atom. The van der Waals surface area contributed by atoms with Crippen molar-refractivity contribution in [2.75, 3.05) is 26.7 Å². The van der Waals surface area contributed by atoms with E-state index in [1.807, 2.05) is 0 Å². The minimum absolute atomic E-state index is 0.0121. The molecule has 2 aliphatic carbocycles. The number of hydrogen-bond acceptors (Lipinski definition) is 2. The second-order valence-corrected chi connectivity index (χ2v) is 7.80. The van der Waals surface area contributed by atoms with Crippen LogP contribution in [-0.2, 0) is 16.6 Å². The van der Waals surface area contributed by atoms with Gasteiger partial charge in [-0.15, -0.1) is 0 Å². The Balaban J connectivity index is 1.31. The molecule has 5 nitrogen and oxygen atoms in total. The molecule has 25 heavy (non-hydrogen) atoms. The average Bonchev–Trinajstić information content (AvgIpc) is 3.25. The molecule has 1 saturated carbocycles. The van der Waals surface area contributed by atoms with E-state index in [2.05, 4.69) is 34.9 Å². The molecule has 3 atom stereocenters. The Labute approximate surface area is 149 Å². The molecular weight excluding hydrogens is 314 g/mol. The van der Waals surface area contributed by atoms with E-state index in [-0.39, 0.29) is 17.9 Å². The number of fused-ring (bicyclic) bond motifs is 2. The van der Waals surface area contributed by atoms with Gasteiger partial charge in [0.25, 0.3) is 0 Å². The summed E-state index contributed by atoms with van der Waals surface area (Å²) in [6.45, 7) is 2.02. The standard InChI is InChI=1S/C20H27N3O2/c1-21-18(24)15-6-4-10-23(13-15)19(25)22-12-16-11-20(16)9-8-14-5-2-3-7-17(14)20/h2-3,5,7,15-16H,4,6,8-13H2,1H3,(H,21,24)(H,22,25)/t15-,16-,20+/m1/s1. The van der Waals surface area contributed by atoms with Gasteiger partial charge in [-0.3, -0.25) is 4.79 Å². The minimum Gasteiger partial charge on any atom is -0.359 e. The Hall–Kier alpha value is -2.04. The van der Waals surface area contributed by atoms with Crippen LogP contribution in [0.25, 0.3) is 0 Å². The van der Waals surface area contributed by atoms with Gasteiger partial charge in [0.1, 0.15) is 0 Å². The van der Waals surface area contributed by atoms with E-state index in [1.54, 1.807) is 11.9 Å². The van der Waals surface area contributed by atoms with Crippen molar-refractivity contribution in [1.82, 2.24) is 15.5 Å². The van der Waals surface area contributed by atoms with Crippen molar-refractivity contribution in [2.24, 2.45) is 11.8 Å². The lowest BCUT2D eigenvalue weighted by Crippen LogP contribution is -2.49. The maximum absolute atomic E-state index is 12.5. The second-order valence-electron chi connectivity index (χ2n) is 7.80. The summed E-state index contributed by atoms with van der Waals surface area (Å²) in [5.74, 6) is 0.527. The molecule has 134 valence electrons. The molecule has 4 rings (SSSR count). The van der Waals surface area contributed by atoms with Gasteiger partial charge >= 0.3 is 6.03 Å². The first-order valence-electron chi connectivity index (χ1n) is 9.47. The zero-order valence-corrected chi connectivity index (χ0v) is 14.9. The molecular formula is C20H27N3O2. The third-order valence-electron chi connectivity index (χ3n) is 6.45. The van der Waals surface area contributed by atoms with Gasteiger partial charge in [-0.1, -0.05) is 24.3 Å². The summed E-state index contributed by atoms with van der Waals surface area (Å²) in [5.41, 5.74) is 3.31. The number of carbonyl (C=O) groups is 2. The lowest BCUT2D eigenvalue weighted by atomic mass is 9.95. The number of hydrogen-bond donors (Lipinski definition) is 2. The average molecular weight is 341 g/mol. The molecule has 1 aromatic carbocycles. The summed E-state index contributed by atoms with van der Waals surface area (Å²) >= 11 is 0. The van der Waals surface area contributed by atoms with Gasteiger partial charge in [0.2, 0.25) is 5.91 Å². The monoisotopic (exact) mass is 341 g/mol. The Bertz CT molecular complexity index is 689. The third-order valence-corrected chi connectivity index (χ3v) is 6.45. The number of urea groups is 1. The molecule has 1 spiro atoms. The Kier molecular flexibility index (Phi) is 4.18. The van der Waals surface area contributed by atoms with Gasteiger partial charge in [-0.25, -0.2) is 4.79 Å². The van der Waals surface area contributed by atoms with E-state index in [1.165, 1.54) is 30.4 Å². The predicted octanol–water partition coefficient (Wildman–Crippen LogP) is 2.06. The molecule has 3 aliphatic rings. The van der Waals surface area contributed by atoms with Crippen LogP contribution in [0.15, 0.2) is 24.3 Å². The molecule has 5 heteroatoms. The number of aryl methyl sites for hydroxylation is 1. The highest BCUT2D eigenvalue weighted by Gasteiger charge is 2.57. The third kappa shape index (κ3) is 2.90. The van der Waals surface area contributed by atoms with Crippen LogP contribution in [0, 0.1) is 11.8 Å². The number of benzene rings is 1. The van der Waals surface area contributed by atoms with Crippen molar-refractivity contribution < 1.29 is 9.59 Å². The van der Waals surface area contributed by atoms with Gasteiger partial charge < -0.3 is 15.5 Å². The molecule has 2 fully saturated rings. The Morgan fingerprint density at radius 3 is 3.00 bits per heavy atom. The highest BCUT2D eigenvalue weighted by molar-refractivity contribution is 5.80. The van der Waals surface area contributed by atoms with E-state index >= 15 is 0 Å². The Morgan fingerprint density at radius 2 is 2.16 bits per heavy atom. The van der Waals surface area contributed by atoms with Crippen molar-refractivity contribution in [3.05, 3.63) is 35.4 Å². The first-order valence-corrected chi connectivity index (χ1v) is 9.47. The van der Waals surface area contributed by atoms with E-state index < -0.39 is 0 Å². The fraction of sp³-hybridized carbons (Fsp3) is 0.600. The summed E-state index contributed by atoms with van der Waals surface area (Å²) in [6.07, 6.45) is 5.33. The lowest BCUT2D eigenvalue weighted by Gasteiger charge is -2.32. The molecule has 0 aromatic heterocycles. The van der Waals surface area contributed by atoms with Crippen LogP contribution in [0.1, 0.15) is 36.8 Å². The largest absolute Gasteiger partial charge is 0.359 e. The molecule has 1 aliphatic heterocycles. The van der Waals surface area contributed by atoms with Crippen LogP contribution in [0.4, 0.5) is 4.79 Å². The van der Waals surface area contributed by atoms with E-state index in [9.17, 15) is 9.59 Å². The van der Waals surface area contributed by atoms with Crippen molar-refractivity contribution in [1.29, 1.82) is 0 Å². The fourth-order valence-electron chi connectivity index (χ4n) is 4.90. The highest BCUT2D eigenvalue weighted by atomic mass is 16.2. The molecule has 1 heterocycles. The van der Waals surface area contributed by atoms with E-state index in [4.69, 9.17) is 0 Å². The van der Waals surface area contributed by atoms with Crippen LogP contribution in [0.3, 0.4) is 0 Å². The fourth-order valence-corrected chi connectivity index (χ4v) is 4.90. The minimum atomic E-state index is -0.0709. The van der Waals surface area contributed by atoms with E-state index in [0.29, 0.717) is 17.9 Å². The normalized spacial score (nSPS) is 30.0. The number of carbonyl (C=O) groups excluding carboxylic acids is 2. The first-order chi connectivity index (χ1) is 12.1. The lowest BCUT2D eigenvalue weighted by molar-refractivity contribution is -0.125. The summed E-state index contributed by atoms with van der Waals surface area (Å²) < 4.78 is 0. The van der Waals surface area contributed by atoms with Crippen molar-refractivity contribution >= 4 is 11.9 Å². The molecule has 0 unspecified atom stereocenters. The number of likely N-dealkylation sites (tertiary alicyclic amines) is 1. The SMILES string of the molecule is CNC(=O)[C@@H]1CCCN(C(=O)NC[C@H]2C[C@@]23CCc2ccccc23)C1. The smallest absolute Gasteiger partial charge is 0.317 e. The summed E-state index contributed by atoms with van der Waals surface area (Å²) in [5, 5.41) is 5.83. The van der Waals surface area contributed by atoms with Gasteiger partial charge in [0.05, 0.1) is 5.92 Å². The molecule has 3 amide bonds. The summed E-state index contributed by atoms with van der Waals surface area (Å²) in [6, 6.07) is 8.75. The van der Waals surface area contributed by atoms with Crippen LogP contribution < -0.4 is 10.6 Å². The van der Waals surface area contributed by atoms with Crippen LogP contribution in [0.2, 0.25) is 0 Å². The van der Waals surface area contributed by atoms with Crippen LogP contribution in [0.5, 0.6) is 0 Å². The maximum Gasteiger partial charge on any atom is 0.317 e. The topological polar surface area (TPSA) is 61.4 Å². The summed E-state index contributed by atoms with van der Waals surface area (Å²) in [4.78, 5) is 26.2. The molecule has 2 N–H and O–H groups in total. The number of piperidine rings is 1. The molecule has 1 aromatic rings. The molecule has 1 saturated heterocycles. The molecule has 0 bridgehead atoms. The second kappa shape index (κ2) is 6.36. The van der Waals surface area contributed by atoms with Crippen molar-refractivity contribution in [2.45, 2.75) is 37.5 Å². The van der Waals surface area contributed by atoms with Gasteiger partial charge in [0.15, 0.2) is 0 Å². The number of nitrogens with zero attached hydrogens (tertiary/aromatic N) is 1. The van der Waals surface area contributed by atoms with Gasteiger partial charge in [-0.2, -0.15) is 0 Å². The van der Waals surface area contributed by atoms with Crippen LogP contribution in [-0.4, -0.2) is 43.5 Å². The van der Waals surface area contributed by atoms with Gasteiger partial charge in [-0.05, 0) is 49.1 Å². The van der Waals surface area contributed by atoms with Gasteiger partial charge in [0, 0.05) is 32.1 Å². The zero-order valence-electron chi connectivity index (χ0n) is 14.9. The summed E-state index contributed by atoms with van der Waals surface area (Å²) in [7, 11) is 1.66. The first kappa shape index (κ1) is 16.4. The quantitative estimate of drug-likeness (QED) is 0.884. The van der Waals surface area contributed by atoms with E-state index in [0.717, 1.165) is 25.9 Å². The predicted molar refractivity (Wildman–Crippen MR) is 96.3 cm³/mol. The van der Waals surface area contributed by atoms with Crippen LogP contribution >= 0.6 is 0 Å². The number of rotatable bonds is 3. The highest BCUT2D eigenvalue weighted by Crippen LogP contribution is 2.61. The zero-order chi connectivity index (χ0) is 17.4. The number of amides is 3. The van der Waals surface area contributed by atoms with Crippen molar-refractivity contribution in [3.63, 3.8) is 0 Å². The van der Waals surface area contributed by atoms with Crippen molar-refractivity contribution in [3.8, 4) is 0 Å². The molecule has 0 radical (unpaired) electrons. The maximum atomic E-state index is 12.5.